The number of aryl methyl sites for hydroxylation is 2. The average Bonchev–Trinajstić information content (AvgIpc) is 2.66. The van der Waals surface area contributed by atoms with E-state index in [1.54, 1.807) is 20.8 Å². The van der Waals surface area contributed by atoms with E-state index in [4.69, 9.17) is 0 Å². The van der Waals surface area contributed by atoms with Crippen molar-refractivity contribution in [1.82, 2.24) is 0 Å². The van der Waals surface area contributed by atoms with Crippen LogP contribution in [0.2, 0.25) is 0 Å². The second-order valence-corrected chi connectivity index (χ2v) is 13.3. The molecule has 0 heterocycles. The first-order valence-electron chi connectivity index (χ1n) is 11.4. The molecule has 0 aromatic heterocycles. The predicted molar refractivity (Wildman–Crippen MR) is 128 cm³/mol. The van der Waals surface area contributed by atoms with Crippen LogP contribution in [0.1, 0.15) is 82.1 Å². The summed E-state index contributed by atoms with van der Waals surface area (Å²) in [5, 5.41) is 0. The van der Waals surface area contributed by atoms with Crippen LogP contribution in [0.15, 0.2) is 48.5 Å². The van der Waals surface area contributed by atoms with Gasteiger partial charge in [0, 0.05) is 0 Å². The summed E-state index contributed by atoms with van der Waals surface area (Å²) in [7, 11) is -3.14. The third kappa shape index (κ3) is 5.97. The van der Waals surface area contributed by atoms with Gasteiger partial charge in [-0.25, -0.2) is 8.42 Å². The van der Waals surface area contributed by atoms with E-state index in [1.807, 2.05) is 12.1 Å². The highest BCUT2D eigenvalue weighted by Crippen LogP contribution is 2.39. The minimum absolute atomic E-state index is 0.108. The lowest BCUT2D eigenvalue weighted by Crippen LogP contribution is -2.29. The van der Waals surface area contributed by atoms with E-state index in [9.17, 15) is 8.42 Å². The van der Waals surface area contributed by atoms with Crippen molar-refractivity contribution in [3.63, 3.8) is 0 Å². The highest BCUT2D eigenvalue weighted by Gasteiger charge is 2.29. The number of benzene rings is 2. The van der Waals surface area contributed by atoms with Crippen LogP contribution in [0, 0.1) is 11.8 Å². The van der Waals surface area contributed by atoms with Gasteiger partial charge in [-0.3, -0.25) is 0 Å². The van der Waals surface area contributed by atoms with Crippen molar-refractivity contribution in [3.8, 4) is 0 Å². The van der Waals surface area contributed by atoms with Crippen LogP contribution >= 0.6 is 0 Å². The minimum atomic E-state index is -3.14. The number of hydrogen-bond donors (Lipinski definition) is 0. The third-order valence-corrected chi connectivity index (χ3v) is 9.22. The lowest BCUT2D eigenvalue weighted by atomic mass is 9.74. The van der Waals surface area contributed by atoms with Crippen molar-refractivity contribution in [3.05, 3.63) is 70.8 Å². The number of sulfone groups is 1. The van der Waals surface area contributed by atoms with E-state index >= 15 is 0 Å². The molecule has 2 unspecified atom stereocenters. The Kier molecular flexibility index (Phi) is 7.12. The van der Waals surface area contributed by atoms with Crippen LogP contribution in [0.3, 0.4) is 0 Å². The highest BCUT2D eigenvalue weighted by atomic mass is 32.2. The van der Waals surface area contributed by atoms with Gasteiger partial charge in [0.05, 0.1) is 10.5 Å². The van der Waals surface area contributed by atoms with Crippen molar-refractivity contribution in [2.45, 2.75) is 83.1 Å². The Morgan fingerprint density at radius 3 is 1.63 bits per heavy atom. The molecule has 1 aliphatic rings. The summed E-state index contributed by atoms with van der Waals surface area (Å²) in [6, 6.07) is 17.4. The van der Waals surface area contributed by atoms with E-state index < -0.39 is 14.6 Å². The van der Waals surface area contributed by atoms with Gasteiger partial charge in [-0.2, -0.15) is 0 Å². The Hall–Kier alpha value is -1.61. The summed E-state index contributed by atoms with van der Waals surface area (Å²) >= 11 is 0. The van der Waals surface area contributed by atoms with Crippen LogP contribution in [0.4, 0.5) is 0 Å². The molecule has 2 atom stereocenters. The lowest BCUT2D eigenvalue weighted by Gasteiger charge is -2.31. The molecule has 0 bridgehead atoms. The van der Waals surface area contributed by atoms with Crippen molar-refractivity contribution in [2.75, 3.05) is 0 Å². The van der Waals surface area contributed by atoms with Gasteiger partial charge in [0.1, 0.15) is 0 Å². The van der Waals surface area contributed by atoms with Gasteiger partial charge in [-0.15, -0.1) is 0 Å². The summed E-state index contributed by atoms with van der Waals surface area (Å²) < 4.78 is 24.1. The Bertz CT molecular complexity index is 908. The fourth-order valence-corrected chi connectivity index (χ4v) is 5.77. The van der Waals surface area contributed by atoms with E-state index in [-0.39, 0.29) is 5.75 Å². The maximum atomic E-state index is 12.4. The summed E-state index contributed by atoms with van der Waals surface area (Å²) in [5.74, 6) is 2.49. The molecule has 3 heteroatoms. The lowest BCUT2D eigenvalue weighted by molar-refractivity contribution is 0.268. The van der Waals surface area contributed by atoms with Gasteiger partial charge in [-0.05, 0) is 92.9 Å². The summed E-state index contributed by atoms with van der Waals surface area (Å²) in [5.41, 5.74) is 5.00. The van der Waals surface area contributed by atoms with Crippen LogP contribution in [0.5, 0.6) is 0 Å². The molecule has 0 spiro atoms. The molecule has 0 N–H and O–H groups in total. The average molecular weight is 427 g/mol. The van der Waals surface area contributed by atoms with Crippen LogP contribution in [-0.4, -0.2) is 13.2 Å². The molecule has 164 valence electrons. The summed E-state index contributed by atoms with van der Waals surface area (Å²) in [6.07, 6.45) is 6.00. The van der Waals surface area contributed by atoms with E-state index in [0.717, 1.165) is 36.2 Å². The second kappa shape index (κ2) is 9.26. The maximum Gasteiger partial charge on any atom is 0.159 e. The molecule has 0 amide bonds. The molecule has 1 fully saturated rings. The van der Waals surface area contributed by atoms with Crippen LogP contribution in [0.25, 0.3) is 0 Å². The van der Waals surface area contributed by atoms with Gasteiger partial charge in [-0.1, -0.05) is 62.4 Å². The molecule has 3 rings (SSSR count). The first-order valence-corrected chi connectivity index (χ1v) is 13.1. The minimum Gasteiger partial charge on any atom is -0.228 e. The predicted octanol–water partition coefficient (Wildman–Crippen LogP) is 6.72. The molecule has 30 heavy (non-hydrogen) atoms. The molecule has 2 aromatic rings. The largest absolute Gasteiger partial charge is 0.228 e. The monoisotopic (exact) mass is 426 g/mol. The fraction of sp³-hybridized carbons (Fsp3) is 0.556. The zero-order valence-electron chi connectivity index (χ0n) is 19.3. The van der Waals surface area contributed by atoms with Gasteiger partial charge < -0.3 is 0 Å². The third-order valence-electron chi connectivity index (χ3n) is 6.64. The number of hydrogen-bond acceptors (Lipinski definition) is 2. The van der Waals surface area contributed by atoms with Crippen molar-refractivity contribution < 1.29 is 8.42 Å². The smallest absolute Gasteiger partial charge is 0.159 e. The van der Waals surface area contributed by atoms with Crippen LogP contribution in [-0.2, 0) is 28.4 Å². The molecule has 0 aliphatic heterocycles. The zero-order chi connectivity index (χ0) is 21.9. The molecule has 2 aromatic carbocycles. The van der Waals surface area contributed by atoms with Gasteiger partial charge >= 0.3 is 0 Å². The molecule has 2 nitrogen and oxygen atoms in total. The Labute approximate surface area is 184 Å². The normalized spacial score (nSPS) is 22.8. The van der Waals surface area contributed by atoms with Gasteiger partial charge in [0.15, 0.2) is 9.84 Å². The highest BCUT2D eigenvalue weighted by molar-refractivity contribution is 7.91. The first-order chi connectivity index (χ1) is 14.0. The van der Waals surface area contributed by atoms with Crippen molar-refractivity contribution in [2.24, 2.45) is 11.8 Å². The number of rotatable bonds is 6. The Morgan fingerprint density at radius 2 is 1.17 bits per heavy atom. The maximum absolute atomic E-state index is 12.4. The molecular formula is C27H38O2S. The topological polar surface area (TPSA) is 34.1 Å². The Morgan fingerprint density at radius 1 is 0.733 bits per heavy atom. The first kappa shape index (κ1) is 23.1. The molecular weight excluding hydrogens is 388 g/mol. The Balaban J connectivity index is 1.56. The molecule has 0 radical (unpaired) electrons. The summed E-state index contributed by atoms with van der Waals surface area (Å²) in [4.78, 5) is 0. The zero-order valence-corrected chi connectivity index (χ0v) is 20.1. The van der Waals surface area contributed by atoms with Crippen LogP contribution < -0.4 is 0 Å². The van der Waals surface area contributed by atoms with E-state index in [0.29, 0.717) is 0 Å². The van der Waals surface area contributed by atoms with Gasteiger partial charge in [0.2, 0.25) is 0 Å². The second-order valence-electron chi connectivity index (χ2n) is 10.5. The SMILES string of the molecule is CC1CC(C)CC(c2ccc(CCc3ccc(CS(=O)(=O)C(C)(C)C)cc3)cc2)C1. The van der Waals surface area contributed by atoms with Crippen molar-refractivity contribution in [1.29, 1.82) is 0 Å². The molecule has 1 saturated carbocycles. The molecule has 0 saturated heterocycles. The quantitative estimate of drug-likeness (QED) is 0.513. The summed E-state index contributed by atoms with van der Waals surface area (Å²) in [6.45, 7) is 10.1. The fourth-order valence-electron chi connectivity index (χ4n) is 4.70. The van der Waals surface area contributed by atoms with Gasteiger partial charge in [0.25, 0.3) is 0 Å². The van der Waals surface area contributed by atoms with E-state index in [1.165, 1.54) is 36.0 Å². The van der Waals surface area contributed by atoms with Crippen molar-refractivity contribution >= 4 is 9.84 Å². The molecule has 1 aliphatic carbocycles. The van der Waals surface area contributed by atoms with E-state index in [2.05, 4.69) is 50.2 Å². The standard InChI is InChI=1S/C27H38O2S/c1-20-16-21(2)18-26(17-20)25-14-12-23(13-15-25)7-6-22-8-10-24(11-9-22)19-30(28,29)27(3,4)5/h8-15,20-21,26H,6-7,16-19H2,1-5H3.